The smallest absolute Gasteiger partial charge is 0.230 e. The first-order chi connectivity index (χ1) is 15.6. The SMILES string of the molecule is CCc1cccc(CNC[C@@H](O)[C@H](Cc2cc(F)cc(F)c2)N2CSC=C2NS(C)(=O)=O)c1. The van der Waals surface area contributed by atoms with Gasteiger partial charge < -0.3 is 15.3 Å². The quantitative estimate of drug-likeness (QED) is 0.443. The molecule has 2 atom stereocenters. The molecular weight excluding hydrogens is 468 g/mol. The van der Waals surface area contributed by atoms with Crippen molar-refractivity contribution in [2.45, 2.75) is 38.5 Å². The minimum atomic E-state index is -3.54. The Hall–Kier alpha value is -2.14. The molecule has 0 radical (unpaired) electrons. The zero-order chi connectivity index (χ0) is 24.0. The van der Waals surface area contributed by atoms with Gasteiger partial charge in [0.15, 0.2) is 0 Å². The summed E-state index contributed by atoms with van der Waals surface area (Å²) in [6.07, 6.45) is 1.17. The van der Waals surface area contributed by atoms with E-state index >= 15 is 0 Å². The lowest BCUT2D eigenvalue weighted by atomic mass is 9.99. The van der Waals surface area contributed by atoms with E-state index in [1.165, 1.54) is 29.5 Å². The van der Waals surface area contributed by atoms with Crippen molar-refractivity contribution in [3.8, 4) is 0 Å². The molecule has 10 heteroatoms. The van der Waals surface area contributed by atoms with Crippen molar-refractivity contribution < 1.29 is 22.3 Å². The van der Waals surface area contributed by atoms with Crippen LogP contribution in [-0.4, -0.2) is 49.2 Å². The van der Waals surface area contributed by atoms with E-state index in [4.69, 9.17) is 0 Å². The molecule has 0 saturated heterocycles. The van der Waals surface area contributed by atoms with Crippen LogP contribution < -0.4 is 10.0 Å². The summed E-state index contributed by atoms with van der Waals surface area (Å²) in [5.41, 5.74) is 2.68. The van der Waals surface area contributed by atoms with Gasteiger partial charge in [0.1, 0.15) is 17.5 Å². The molecule has 1 heterocycles. The van der Waals surface area contributed by atoms with Crippen molar-refractivity contribution in [1.82, 2.24) is 14.9 Å². The largest absolute Gasteiger partial charge is 0.390 e. The van der Waals surface area contributed by atoms with Crippen LogP contribution in [0.2, 0.25) is 0 Å². The first kappa shape index (κ1) is 25.5. The van der Waals surface area contributed by atoms with E-state index in [0.29, 0.717) is 23.8 Å². The Morgan fingerprint density at radius 1 is 1.12 bits per heavy atom. The van der Waals surface area contributed by atoms with E-state index in [0.717, 1.165) is 24.3 Å². The highest BCUT2D eigenvalue weighted by molar-refractivity contribution is 8.02. The Kier molecular flexibility index (Phi) is 8.75. The summed E-state index contributed by atoms with van der Waals surface area (Å²) in [5, 5.41) is 16.0. The number of thioether (sulfide) groups is 1. The number of nitrogens with zero attached hydrogens (tertiary/aromatic N) is 1. The fourth-order valence-corrected chi connectivity index (χ4v) is 5.31. The number of benzene rings is 2. The molecule has 3 rings (SSSR count). The van der Waals surface area contributed by atoms with Crippen LogP contribution in [-0.2, 0) is 29.4 Å². The third kappa shape index (κ3) is 7.70. The van der Waals surface area contributed by atoms with Crippen molar-refractivity contribution >= 4 is 21.8 Å². The molecule has 1 aliphatic heterocycles. The van der Waals surface area contributed by atoms with Crippen LogP contribution in [0.25, 0.3) is 0 Å². The number of aliphatic hydroxyl groups excluding tert-OH is 1. The molecule has 180 valence electrons. The zero-order valence-electron chi connectivity index (χ0n) is 18.6. The topological polar surface area (TPSA) is 81.7 Å². The second kappa shape index (κ2) is 11.3. The van der Waals surface area contributed by atoms with Crippen LogP contribution >= 0.6 is 11.8 Å². The van der Waals surface area contributed by atoms with Crippen LogP contribution in [0.5, 0.6) is 0 Å². The molecule has 0 bridgehead atoms. The summed E-state index contributed by atoms with van der Waals surface area (Å²) in [5.74, 6) is -0.671. The number of rotatable bonds is 11. The lowest BCUT2D eigenvalue weighted by Crippen LogP contribution is -2.49. The second-order valence-corrected chi connectivity index (χ2v) is 10.6. The van der Waals surface area contributed by atoms with E-state index in [1.54, 1.807) is 10.3 Å². The maximum Gasteiger partial charge on any atom is 0.230 e. The number of aliphatic hydroxyl groups is 1. The molecule has 0 unspecified atom stereocenters. The molecule has 0 fully saturated rings. The predicted molar refractivity (Wildman–Crippen MR) is 128 cm³/mol. The van der Waals surface area contributed by atoms with Gasteiger partial charge in [-0.2, -0.15) is 0 Å². The third-order valence-electron chi connectivity index (χ3n) is 5.30. The van der Waals surface area contributed by atoms with Gasteiger partial charge >= 0.3 is 0 Å². The summed E-state index contributed by atoms with van der Waals surface area (Å²) in [6.45, 7) is 2.84. The predicted octanol–water partition coefficient (Wildman–Crippen LogP) is 2.94. The maximum atomic E-state index is 13.8. The monoisotopic (exact) mass is 497 g/mol. The van der Waals surface area contributed by atoms with Gasteiger partial charge in [-0.3, -0.25) is 4.72 Å². The third-order valence-corrected chi connectivity index (χ3v) is 6.70. The van der Waals surface area contributed by atoms with Crippen LogP contribution in [0.4, 0.5) is 8.78 Å². The van der Waals surface area contributed by atoms with Gasteiger partial charge in [0.2, 0.25) is 10.0 Å². The molecule has 0 saturated carbocycles. The fourth-order valence-electron chi connectivity index (χ4n) is 3.76. The molecule has 0 amide bonds. The lowest BCUT2D eigenvalue weighted by Gasteiger charge is -2.35. The Labute approximate surface area is 198 Å². The number of sulfonamides is 1. The van der Waals surface area contributed by atoms with Gasteiger partial charge in [-0.25, -0.2) is 17.2 Å². The van der Waals surface area contributed by atoms with Crippen LogP contribution in [0.15, 0.2) is 53.7 Å². The van der Waals surface area contributed by atoms with Crippen molar-refractivity contribution in [3.05, 3.63) is 82.0 Å². The molecule has 0 aliphatic carbocycles. The van der Waals surface area contributed by atoms with Crippen molar-refractivity contribution in [1.29, 1.82) is 0 Å². The summed E-state index contributed by atoms with van der Waals surface area (Å²) >= 11 is 1.38. The maximum absolute atomic E-state index is 13.8. The zero-order valence-corrected chi connectivity index (χ0v) is 20.2. The van der Waals surface area contributed by atoms with Gasteiger partial charge in [-0.1, -0.05) is 31.2 Å². The molecule has 2 aromatic rings. The molecule has 6 nitrogen and oxygen atoms in total. The molecule has 3 N–H and O–H groups in total. The van der Waals surface area contributed by atoms with Gasteiger partial charge in [0, 0.05) is 24.6 Å². The highest BCUT2D eigenvalue weighted by Crippen LogP contribution is 2.28. The van der Waals surface area contributed by atoms with Crippen LogP contribution in [0.3, 0.4) is 0 Å². The normalized spacial score (nSPS) is 15.9. The van der Waals surface area contributed by atoms with E-state index in [2.05, 4.69) is 29.1 Å². The number of hydrogen-bond donors (Lipinski definition) is 3. The second-order valence-electron chi connectivity index (χ2n) is 8.06. The Bertz CT molecular complexity index is 1080. The first-order valence-electron chi connectivity index (χ1n) is 10.6. The van der Waals surface area contributed by atoms with E-state index < -0.39 is 33.8 Å². The summed E-state index contributed by atoms with van der Waals surface area (Å²) < 4.78 is 53.6. The van der Waals surface area contributed by atoms with Gasteiger partial charge in [-0.15, -0.1) is 11.8 Å². The lowest BCUT2D eigenvalue weighted by molar-refractivity contribution is 0.0750. The Balaban J connectivity index is 1.75. The van der Waals surface area contributed by atoms with E-state index in [1.807, 2.05) is 12.1 Å². The number of halogens is 2. The number of aryl methyl sites for hydroxylation is 1. The molecule has 2 aromatic carbocycles. The number of nitrogens with one attached hydrogen (secondary N) is 2. The summed E-state index contributed by atoms with van der Waals surface area (Å²) in [7, 11) is -3.54. The van der Waals surface area contributed by atoms with E-state index in [9.17, 15) is 22.3 Å². The van der Waals surface area contributed by atoms with E-state index in [-0.39, 0.29) is 13.0 Å². The summed E-state index contributed by atoms with van der Waals surface area (Å²) in [6, 6.07) is 10.8. The highest BCUT2D eigenvalue weighted by Gasteiger charge is 2.31. The van der Waals surface area contributed by atoms with Crippen molar-refractivity contribution in [2.75, 3.05) is 18.7 Å². The van der Waals surface area contributed by atoms with Crippen LogP contribution in [0.1, 0.15) is 23.6 Å². The minimum absolute atomic E-state index is 0.131. The van der Waals surface area contributed by atoms with Gasteiger partial charge in [-0.05, 0) is 41.7 Å². The average molecular weight is 498 g/mol. The first-order valence-corrected chi connectivity index (χ1v) is 13.6. The Morgan fingerprint density at radius 2 is 1.82 bits per heavy atom. The summed E-state index contributed by atoms with van der Waals surface area (Å²) in [4.78, 5) is 1.72. The molecular formula is C23H29F2N3O3S2. The highest BCUT2D eigenvalue weighted by atomic mass is 32.2. The molecule has 0 spiro atoms. The Morgan fingerprint density at radius 3 is 2.48 bits per heavy atom. The molecule has 0 aromatic heterocycles. The molecule has 1 aliphatic rings. The van der Waals surface area contributed by atoms with Crippen LogP contribution in [0, 0.1) is 11.6 Å². The number of hydrogen-bond acceptors (Lipinski definition) is 6. The minimum Gasteiger partial charge on any atom is -0.390 e. The van der Waals surface area contributed by atoms with Crippen molar-refractivity contribution in [3.63, 3.8) is 0 Å². The van der Waals surface area contributed by atoms with Crippen molar-refractivity contribution in [2.24, 2.45) is 0 Å². The standard InChI is InChI=1S/C23H29F2N3O3S2/c1-3-16-5-4-6-17(7-16)12-26-13-22(29)21(10-18-8-19(24)11-20(25)9-18)28-15-32-14-23(28)27-33(2,30)31/h4-9,11,14,21-22,26-27,29H,3,10,12-13,15H2,1-2H3/t21-,22+/m0/s1. The fraction of sp³-hybridized carbons (Fsp3) is 0.391. The van der Waals surface area contributed by atoms with Gasteiger partial charge in [0.05, 0.1) is 24.3 Å². The van der Waals surface area contributed by atoms with Gasteiger partial charge in [0.25, 0.3) is 0 Å². The molecule has 33 heavy (non-hydrogen) atoms. The average Bonchev–Trinajstić information content (AvgIpc) is 3.17.